The summed E-state index contributed by atoms with van der Waals surface area (Å²) < 4.78 is 13.1. The fraction of sp³-hybridized carbons (Fsp3) is 0.486. The number of benzene rings is 1. The van der Waals surface area contributed by atoms with Crippen LogP contribution in [0, 0.1) is 5.92 Å². The van der Waals surface area contributed by atoms with Gasteiger partial charge in [-0.05, 0) is 78.4 Å². The molecule has 12 nitrogen and oxygen atoms in total. The molecule has 49 heavy (non-hydrogen) atoms. The Morgan fingerprint density at radius 2 is 1.71 bits per heavy atom. The van der Waals surface area contributed by atoms with Crippen molar-refractivity contribution in [1.29, 1.82) is 0 Å². The van der Waals surface area contributed by atoms with Crippen LogP contribution >= 0.6 is 0 Å². The molecule has 2 aliphatic rings. The first kappa shape index (κ1) is 34.2. The molecule has 0 bridgehead atoms. The highest BCUT2D eigenvalue weighted by Crippen LogP contribution is 2.42. The molecule has 2 N–H and O–H groups in total. The molecule has 4 heterocycles. The second-order valence-electron chi connectivity index (χ2n) is 15.0. The van der Waals surface area contributed by atoms with E-state index in [1.165, 1.54) is 0 Å². The zero-order chi connectivity index (χ0) is 34.9. The van der Waals surface area contributed by atoms with Crippen LogP contribution in [0.3, 0.4) is 0 Å². The van der Waals surface area contributed by atoms with Gasteiger partial charge in [0.2, 0.25) is 0 Å². The van der Waals surface area contributed by atoms with Gasteiger partial charge in [-0.2, -0.15) is 9.61 Å². The Labute approximate surface area is 287 Å². The van der Waals surface area contributed by atoms with E-state index in [2.05, 4.69) is 10.3 Å². The molecule has 1 saturated carbocycles. The number of nitrogens with zero attached hydrogens (tertiary/aromatic N) is 6. The average Bonchev–Trinajstić information content (AvgIpc) is 3.80. The lowest BCUT2D eigenvalue weighted by molar-refractivity contribution is -0.0104. The molecule has 260 valence electrons. The molecule has 0 unspecified atom stereocenters. The van der Waals surface area contributed by atoms with Crippen molar-refractivity contribution in [3.8, 4) is 11.3 Å². The number of fused-ring (bicyclic) bond motifs is 1. The maximum Gasteiger partial charge on any atom is 0.416 e. The number of ether oxygens (including phenoxy) is 2. The van der Waals surface area contributed by atoms with Gasteiger partial charge >= 0.3 is 12.2 Å². The smallest absolute Gasteiger partial charge is 0.416 e. The van der Waals surface area contributed by atoms with E-state index in [0.29, 0.717) is 42.7 Å². The molecular weight excluding hydrogens is 622 g/mol. The van der Waals surface area contributed by atoms with Crippen molar-refractivity contribution in [2.24, 2.45) is 5.92 Å². The van der Waals surface area contributed by atoms with Crippen molar-refractivity contribution < 1.29 is 24.2 Å². The number of aliphatic hydroxyl groups is 1. The highest BCUT2D eigenvalue weighted by molar-refractivity contribution is 5.88. The van der Waals surface area contributed by atoms with Gasteiger partial charge in [-0.15, -0.1) is 0 Å². The number of β-amino-alcohol motifs (C(OH)–C–C–N with tert-alkyl or cyclic N) is 1. The minimum Gasteiger partial charge on any atom is -0.444 e. The van der Waals surface area contributed by atoms with Crippen molar-refractivity contribution in [3.05, 3.63) is 72.1 Å². The molecule has 4 aromatic rings. The fourth-order valence-corrected chi connectivity index (χ4v) is 5.91. The monoisotopic (exact) mass is 669 g/mol. The number of hydrogen-bond acceptors (Lipinski definition) is 9. The molecule has 1 aromatic carbocycles. The molecule has 0 radical (unpaired) electrons. The average molecular weight is 670 g/mol. The van der Waals surface area contributed by atoms with Crippen LogP contribution in [-0.2, 0) is 16.0 Å². The highest BCUT2D eigenvalue weighted by atomic mass is 16.6. The molecule has 2 atom stereocenters. The molecule has 2 amide bonds. The lowest BCUT2D eigenvalue weighted by atomic mass is 9.94. The van der Waals surface area contributed by atoms with Gasteiger partial charge in [0, 0.05) is 42.4 Å². The lowest BCUT2D eigenvalue weighted by Crippen LogP contribution is -2.49. The number of aromatic nitrogens is 4. The van der Waals surface area contributed by atoms with Gasteiger partial charge in [0.15, 0.2) is 5.65 Å². The number of rotatable bonds is 8. The van der Waals surface area contributed by atoms with Gasteiger partial charge in [0.1, 0.15) is 22.8 Å². The van der Waals surface area contributed by atoms with Gasteiger partial charge in [0.05, 0.1) is 31.1 Å². The summed E-state index contributed by atoms with van der Waals surface area (Å²) in [7, 11) is 0. The number of likely N-dealkylation sites (tertiary alicyclic amines) is 1. The van der Waals surface area contributed by atoms with Gasteiger partial charge in [-0.25, -0.2) is 14.6 Å². The second-order valence-corrected chi connectivity index (χ2v) is 15.0. The molecule has 3 aromatic heterocycles. The third kappa shape index (κ3) is 8.48. The Morgan fingerprint density at radius 3 is 2.35 bits per heavy atom. The van der Waals surface area contributed by atoms with E-state index in [-0.39, 0.29) is 19.0 Å². The molecule has 0 spiro atoms. The Bertz CT molecular complexity index is 1780. The van der Waals surface area contributed by atoms with Crippen LogP contribution in [0.2, 0.25) is 0 Å². The van der Waals surface area contributed by atoms with E-state index in [1.54, 1.807) is 26.6 Å². The lowest BCUT2D eigenvalue weighted by Gasteiger charge is -2.36. The third-order valence-corrected chi connectivity index (χ3v) is 8.54. The minimum absolute atomic E-state index is 0.121. The predicted molar refractivity (Wildman–Crippen MR) is 187 cm³/mol. The Hall–Kier alpha value is -4.71. The third-order valence-electron chi connectivity index (χ3n) is 8.54. The maximum absolute atomic E-state index is 13.9. The van der Waals surface area contributed by atoms with Crippen molar-refractivity contribution >= 4 is 29.5 Å². The first-order chi connectivity index (χ1) is 23.2. The van der Waals surface area contributed by atoms with Gasteiger partial charge in [0.25, 0.3) is 0 Å². The zero-order valence-electron chi connectivity index (χ0n) is 29.2. The summed E-state index contributed by atoms with van der Waals surface area (Å²) in [6, 6.07) is 15.7. The standard InChI is InChI=1S/C37H47N7O5/c1-36(2,3)48-34(46)42-17-16-27(30(45)23-42)20-39-31-18-32(44-33(41-31)28(21-40-44)25-13-14-25)43(35(47)49-37(4,5)6)22-24-12-15-29(38-19-24)26-10-8-7-9-11-26/h7-12,15,18-19,21,25,27,30,45H,13-14,16-17,20,22-23H2,1-6H3,(H,39,41)/t27-,30+/m1/s1. The topological polar surface area (TPSA) is 134 Å². The van der Waals surface area contributed by atoms with Crippen LogP contribution in [0.1, 0.15) is 77.8 Å². The zero-order valence-corrected chi connectivity index (χ0v) is 29.2. The number of amides is 2. The number of anilines is 2. The van der Waals surface area contributed by atoms with Crippen LogP contribution in [-0.4, -0.2) is 78.7 Å². The molecule has 1 saturated heterocycles. The Balaban J connectivity index is 1.27. The van der Waals surface area contributed by atoms with Crippen molar-refractivity contribution in [2.75, 3.05) is 29.9 Å². The summed E-state index contributed by atoms with van der Waals surface area (Å²) >= 11 is 0. The fourth-order valence-electron chi connectivity index (χ4n) is 5.91. The van der Waals surface area contributed by atoms with Gasteiger partial charge in [-0.1, -0.05) is 36.4 Å². The van der Waals surface area contributed by atoms with E-state index in [9.17, 15) is 14.7 Å². The largest absolute Gasteiger partial charge is 0.444 e. The molecule has 1 aliphatic carbocycles. The summed E-state index contributed by atoms with van der Waals surface area (Å²) in [5.74, 6) is 1.31. The first-order valence-corrected chi connectivity index (χ1v) is 17.0. The normalized spacial score (nSPS) is 18.3. The predicted octanol–water partition coefficient (Wildman–Crippen LogP) is 6.64. The first-order valence-electron chi connectivity index (χ1n) is 17.0. The van der Waals surface area contributed by atoms with E-state index in [4.69, 9.17) is 19.6 Å². The van der Waals surface area contributed by atoms with E-state index in [1.807, 2.05) is 90.2 Å². The number of carbonyl (C=O) groups is 2. The van der Waals surface area contributed by atoms with Gasteiger partial charge in [-0.3, -0.25) is 9.88 Å². The van der Waals surface area contributed by atoms with E-state index in [0.717, 1.165) is 35.2 Å². The minimum atomic E-state index is -0.737. The number of hydrogen-bond donors (Lipinski definition) is 2. The number of aliphatic hydroxyl groups excluding tert-OH is 1. The Morgan fingerprint density at radius 1 is 0.980 bits per heavy atom. The maximum atomic E-state index is 13.9. The summed E-state index contributed by atoms with van der Waals surface area (Å²) in [6.45, 7) is 12.3. The van der Waals surface area contributed by atoms with Crippen LogP contribution in [0.4, 0.5) is 21.2 Å². The number of pyridine rings is 1. The molecule has 2 fully saturated rings. The number of carbonyl (C=O) groups excluding carboxylic acids is 2. The summed E-state index contributed by atoms with van der Waals surface area (Å²) in [5, 5.41) is 19.1. The van der Waals surface area contributed by atoms with Crippen molar-refractivity contribution in [3.63, 3.8) is 0 Å². The van der Waals surface area contributed by atoms with E-state index < -0.39 is 29.5 Å². The molecule has 6 rings (SSSR count). The van der Waals surface area contributed by atoms with Crippen LogP contribution in [0.25, 0.3) is 16.9 Å². The van der Waals surface area contributed by atoms with Gasteiger partial charge < -0.3 is 24.8 Å². The highest BCUT2D eigenvalue weighted by Gasteiger charge is 2.34. The number of piperidine rings is 1. The van der Waals surface area contributed by atoms with Crippen LogP contribution in [0.15, 0.2) is 60.9 Å². The Kier molecular flexibility index (Phi) is 9.52. The van der Waals surface area contributed by atoms with E-state index >= 15 is 0 Å². The quantitative estimate of drug-likeness (QED) is 0.212. The van der Waals surface area contributed by atoms with Crippen molar-refractivity contribution in [1.82, 2.24) is 24.5 Å². The molecule has 12 heteroatoms. The number of nitrogens with one attached hydrogen (secondary N) is 1. The summed E-state index contributed by atoms with van der Waals surface area (Å²) in [6.07, 6.45) is 4.66. The molecular formula is C37H47N7O5. The second kappa shape index (κ2) is 13.7. The SMILES string of the molecule is CC(C)(C)OC(=O)N1CC[C@H](CNc2cc(N(Cc3ccc(-c4ccccc4)nc3)C(=O)OC(C)(C)C)n3ncc(C4CC4)c3n2)[C@@H](O)C1. The van der Waals surface area contributed by atoms with Crippen LogP contribution in [0.5, 0.6) is 0 Å². The summed E-state index contributed by atoms with van der Waals surface area (Å²) in [4.78, 5) is 39.3. The summed E-state index contributed by atoms with van der Waals surface area (Å²) in [5.41, 5.74) is 3.04. The van der Waals surface area contributed by atoms with Crippen LogP contribution < -0.4 is 10.2 Å². The van der Waals surface area contributed by atoms with Crippen molar-refractivity contribution in [2.45, 2.75) is 90.6 Å². The molecule has 1 aliphatic heterocycles.